The zero-order valence-corrected chi connectivity index (χ0v) is 27.0. The fourth-order valence-corrected chi connectivity index (χ4v) is 6.01. The van der Waals surface area contributed by atoms with E-state index < -0.39 is 29.6 Å². The van der Waals surface area contributed by atoms with Gasteiger partial charge < -0.3 is 19.5 Å². The Morgan fingerprint density at radius 2 is 1.73 bits per heavy atom. The van der Waals surface area contributed by atoms with Gasteiger partial charge in [0.1, 0.15) is 11.8 Å². The molecule has 1 heterocycles. The third-order valence-corrected chi connectivity index (χ3v) is 7.84. The molecule has 1 aliphatic heterocycles. The van der Waals surface area contributed by atoms with Crippen molar-refractivity contribution in [3.63, 3.8) is 0 Å². The number of rotatable bonds is 8. The number of hydrogen-bond donors (Lipinski definition) is 1. The molecule has 8 heteroatoms. The normalized spacial score (nSPS) is 21.2. The Balaban J connectivity index is 2.20. The molecule has 0 saturated carbocycles. The zero-order valence-electron chi connectivity index (χ0n) is 26.2. The lowest BCUT2D eigenvalue weighted by atomic mass is 9.72. The van der Waals surface area contributed by atoms with Crippen molar-refractivity contribution in [3.05, 3.63) is 64.2 Å². The number of likely N-dealkylation sites (tertiary alicyclic amines) is 1. The first kappa shape index (κ1) is 32.7. The number of esters is 1. The standard InChI is InChI=1S/C33H47ClN2O5/c1-11-40-30(37)29-26(33(7,8)9)27(35-19-22-17-23(32(4,5)6)15-16-25(22)39-10)28(21-13-12-14-24(34)18-21)36(29)31(38)41-20(2)3/h12-18,20,26-29,35H,11,19H2,1-10H3/t26-,27-,28-,29-/m0/s1. The lowest BCUT2D eigenvalue weighted by Crippen LogP contribution is -2.49. The van der Waals surface area contributed by atoms with E-state index in [-0.39, 0.29) is 30.1 Å². The Morgan fingerprint density at radius 1 is 1.05 bits per heavy atom. The highest BCUT2D eigenvalue weighted by Gasteiger charge is 2.59. The molecule has 0 bridgehead atoms. The number of nitrogens with zero attached hydrogens (tertiary/aromatic N) is 1. The highest BCUT2D eigenvalue weighted by Crippen LogP contribution is 2.49. The molecule has 0 aromatic heterocycles. The van der Waals surface area contributed by atoms with E-state index in [1.165, 1.54) is 5.56 Å². The van der Waals surface area contributed by atoms with Gasteiger partial charge in [-0.1, -0.05) is 77.4 Å². The largest absolute Gasteiger partial charge is 0.496 e. The van der Waals surface area contributed by atoms with Crippen LogP contribution in [-0.4, -0.2) is 48.9 Å². The van der Waals surface area contributed by atoms with Crippen molar-refractivity contribution in [1.29, 1.82) is 0 Å². The minimum Gasteiger partial charge on any atom is -0.496 e. The van der Waals surface area contributed by atoms with Gasteiger partial charge in [0.2, 0.25) is 0 Å². The van der Waals surface area contributed by atoms with Crippen molar-refractivity contribution in [3.8, 4) is 5.75 Å². The topological polar surface area (TPSA) is 77.1 Å². The maximum absolute atomic E-state index is 13.8. The molecular weight excluding hydrogens is 540 g/mol. The Labute approximate surface area is 250 Å². The highest BCUT2D eigenvalue weighted by atomic mass is 35.5. The molecule has 1 N–H and O–H groups in total. The van der Waals surface area contributed by atoms with Gasteiger partial charge in [0.15, 0.2) is 0 Å². The molecule has 1 fully saturated rings. The van der Waals surface area contributed by atoms with E-state index in [2.05, 4.69) is 59.0 Å². The number of methoxy groups -OCH3 is 1. The second-order valence-corrected chi connectivity index (χ2v) is 13.5. The predicted octanol–water partition coefficient (Wildman–Crippen LogP) is 7.30. The smallest absolute Gasteiger partial charge is 0.411 e. The minimum atomic E-state index is -0.870. The van der Waals surface area contributed by atoms with Crippen molar-refractivity contribution in [2.24, 2.45) is 11.3 Å². The molecule has 226 valence electrons. The third-order valence-electron chi connectivity index (χ3n) is 7.61. The summed E-state index contributed by atoms with van der Waals surface area (Å²) in [5.41, 5.74) is 2.56. The van der Waals surface area contributed by atoms with Gasteiger partial charge in [-0.2, -0.15) is 0 Å². The molecule has 0 spiro atoms. The number of carbonyl (C=O) groups excluding carboxylic acids is 2. The van der Waals surface area contributed by atoms with Gasteiger partial charge in [0.25, 0.3) is 0 Å². The van der Waals surface area contributed by atoms with Crippen LogP contribution in [0.25, 0.3) is 0 Å². The number of ether oxygens (including phenoxy) is 3. The maximum Gasteiger partial charge on any atom is 0.411 e. The summed E-state index contributed by atoms with van der Waals surface area (Å²) in [7, 11) is 1.67. The third kappa shape index (κ3) is 7.55. The van der Waals surface area contributed by atoms with Crippen LogP contribution in [0.1, 0.15) is 85.0 Å². The van der Waals surface area contributed by atoms with Gasteiger partial charge in [-0.05, 0) is 60.9 Å². The van der Waals surface area contributed by atoms with Crippen LogP contribution < -0.4 is 10.1 Å². The summed E-state index contributed by atoms with van der Waals surface area (Å²) >= 11 is 6.47. The van der Waals surface area contributed by atoms with E-state index in [0.29, 0.717) is 11.6 Å². The van der Waals surface area contributed by atoms with Crippen molar-refractivity contribution in [2.75, 3.05) is 13.7 Å². The van der Waals surface area contributed by atoms with E-state index in [0.717, 1.165) is 16.9 Å². The fourth-order valence-electron chi connectivity index (χ4n) is 5.81. The molecule has 2 aromatic rings. The van der Waals surface area contributed by atoms with Gasteiger partial charge in [-0.3, -0.25) is 4.90 Å². The average molecular weight is 587 g/mol. The first-order chi connectivity index (χ1) is 19.1. The molecule has 41 heavy (non-hydrogen) atoms. The van der Waals surface area contributed by atoms with Crippen molar-refractivity contribution in [2.45, 2.75) is 98.5 Å². The van der Waals surface area contributed by atoms with Crippen molar-refractivity contribution < 1.29 is 23.8 Å². The number of benzene rings is 2. The second-order valence-electron chi connectivity index (χ2n) is 13.1. The van der Waals surface area contributed by atoms with E-state index in [1.807, 2.05) is 24.3 Å². The molecule has 0 radical (unpaired) electrons. The first-order valence-corrected chi connectivity index (χ1v) is 14.8. The summed E-state index contributed by atoms with van der Waals surface area (Å²) in [6.07, 6.45) is -0.927. The molecule has 1 aliphatic rings. The van der Waals surface area contributed by atoms with Crippen LogP contribution >= 0.6 is 11.6 Å². The lowest BCUT2D eigenvalue weighted by molar-refractivity contribution is -0.151. The summed E-state index contributed by atoms with van der Waals surface area (Å²) in [6.45, 7) is 18.8. The van der Waals surface area contributed by atoms with Gasteiger partial charge >= 0.3 is 12.1 Å². The summed E-state index contributed by atoms with van der Waals surface area (Å²) in [4.78, 5) is 29.1. The van der Waals surface area contributed by atoms with Crippen LogP contribution in [0.2, 0.25) is 5.02 Å². The van der Waals surface area contributed by atoms with Gasteiger partial charge in [-0.25, -0.2) is 9.59 Å². The highest BCUT2D eigenvalue weighted by molar-refractivity contribution is 6.30. The molecule has 0 unspecified atom stereocenters. The van der Waals surface area contributed by atoms with Gasteiger partial charge in [0.05, 0.1) is 25.9 Å². The Bertz CT molecular complexity index is 1220. The van der Waals surface area contributed by atoms with Gasteiger partial charge in [-0.15, -0.1) is 0 Å². The van der Waals surface area contributed by atoms with Crippen molar-refractivity contribution >= 4 is 23.7 Å². The number of halogens is 1. The van der Waals surface area contributed by atoms with E-state index in [4.69, 9.17) is 25.8 Å². The fraction of sp³-hybridized carbons (Fsp3) is 0.576. The van der Waals surface area contributed by atoms with E-state index in [1.54, 1.807) is 38.8 Å². The Kier molecular flexibility index (Phi) is 10.4. The van der Waals surface area contributed by atoms with Crippen LogP contribution in [0, 0.1) is 11.3 Å². The predicted molar refractivity (Wildman–Crippen MR) is 163 cm³/mol. The van der Waals surface area contributed by atoms with Crippen LogP contribution in [0.15, 0.2) is 42.5 Å². The SMILES string of the molecule is CCOC(=O)[C@@H]1[C@@H](C(C)(C)C)[C@H](NCc2cc(C(C)(C)C)ccc2OC)[C@H](c2cccc(Cl)c2)N1C(=O)OC(C)C. The molecule has 1 amide bonds. The van der Waals surface area contributed by atoms with Gasteiger partial charge in [0, 0.05) is 29.1 Å². The van der Waals surface area contributed by atoms with E-state index in [9.17, 15) is 9.59 Å². The quantitative estimate of drug-likeness (QED) is 0.327. The van der Waals surface area contributed by atoms with Crippen LogP contribution in [0.4, 0.5) is 4.79 Å². The molecule has 4 atom stereocenters. The second kappa shape index (κ2) is 13.0. The molecule has 7 nitrogen and oxygen atoms in total. The minimum absolute atomic E-state index is 0.0436. The zero-order chi connectivity index (χ0) is 30.7. The number of nitrogens with one attached hydrogen (secondary N) is 1. The molecule has 1 saturated heterocycles. The van der Waals surface area contributed by atoms with Crippen LogP contribution in [0.5, 0.6) is 5.75 Å². The van der Waals surface area contributed by atoms with Crippen LogP contribution in [0.3, 0.4) is 0 Å². The maximum atomic E-state index is 13.8. The summed E-state index contributed by atoms with van der Waals surface area (Å²) in [5.74, 6) is 0.00642. The Morgan fingerprint density at radius 3 is 2.27 bits per heavy atom. The number of amides is 1. The number of hydrogen-bond acceptors (Lipinski definition) is 6. The summed E-state index contributed by atoms with van der Waals surface area (Å²) < 4.78 is 17.0. The molecule has 2 aromatic carbocycles. The van der Waals surface area contributed by atoms with E-state index >= 15 is 0 Å². The van der Waals surface area contributed by atoms with Crippen molar-refractivity contribution in [1.82, 2.24) is 10.2 Å². The molecule has 3 rings (SSSR count). The molecular formula is C33H47ClN2O5. The Hall–Kier alpha value is -2.77. The summed E-state index contributed by atoms with van der Waals surface area (Å²) in [6, 6.07) is 11.9. The summed E-state index contributed by atoms with van der Waals surface area (Å²) in [5, 5.41) is 4.31. The monoisotopic (exact) mass is 586 g/mol. The lowest BCUT2D eigenvalue weighted by Gasteiger charge is -2.36. The molecule has 0 aliphatic carbocycles. The number of carbonyl (C=O) groups is 2. The first-order valence-electron chi connectivity index (χ1n) is 14.4. The average Bonchev–Trinajstić information content (AvgIpc) is 3.22. The van der Waals surface area contributed by atoms with Crippen LogP contribution in [-0.2, 0) is 26.2 Å².